The summed E-state index contributed by atoms with van der Waals surface area (Å²) in [6.07, 6.45) is 3.70. The Hall–Kier alpha value is -0.250. The van der Waals surface area contributed by atoms with Crippen LogP contribution in [-0.2, 0) is 13.1 Å². The van der Waals surface area contributed by atoms with Crippen molar-refractivity contribution in [2.24, 2.45) is 5.73 Å². The van der Waals surface area contributed by atoms with Gasteiger partial charge in [0.25, 0.3) is 0 Å². The third kappa shape index (κ3) is 3.10. The number of nitrogens with zero attached hydrogens (tertiary/aromatic N) is 2. The van der Waals surface area contributed by atoms with Crippen molar-refractivity contribution in [3.05, 3.63) is 18.2 Å². The van der Waals surface area contributed by atoms with Gasteiger partial charge in [-0.2, -0.15) is 0 Å². The highest BCUT2D eigenvalue weighted by atomic mass is 35.5. The van der Waals surface area contributed by atoms with Crippen LogP contribution in [-0.4, -0.2) is 9.55 Å². The van der Waals surface area contributed by atoms with Crippen molar-refractivity contribution in [1.29, 1.82) is 0 Å². The number of aryl methyl sites for hydroxylation is 1. The summed E-state index contributed by atoms with van der Waals surface area (Å²) in [7, 11) is 0. The second-order valence-corrected chi connectivity index (χ2v) is 1.83. The zero-order valence-corrected chi connectivity index (χ0v) is 7.99. The largest absolute Gasteiger partial charge is 0.334 e. The van der Waals surface area contributed by atoms with Crippen molar-refractivity contribution in [3.8, 4) is 0 Å². The van der Waals surface area contributed by atoms with Gasteiger partial charge in [0.05, 0.1) is 6.54 Å². The molecule has 1 aromatic rings. The Bertz CT molecular complexity index is 169. The maximum absolute atomic E-state index is 5.39. The van der Waals surface area contributed by atoms with E-state index in [4.69, 9.17) is 5.73 Å². The van der Waals surface area contributed by atoms with E-state index in [9.17, 15) is 0 Å². The van der Waals surface area contributed by atoms with Gasteiger partial charge in [-0.1, -0.05) is 0 Å². The second kappa shape index (κ2) is 6.46. The van der Waals surface area contributed by atoms with E-state index in [1.54, 1.807) is 6.20 Å². The van der Waals surface area contributed by atoms with Gasteiger partial charge < -0.3 is 10.3 Å². The fraction of sp³-hybridized carbons (Fsp3) is 0.500. The lowest BCUT2D eigenvalue weighted by Gasteiger charge is -1.98. The fourth-order valence-electron chi connectivity index (χ4n) is 0.818. The summed E-state index contributed by atoms with van der Waals surface area (Å²) < 4.78 is 2.03. The molecule has 0 saturated heterocycles. The van der Waals surface area contributed by atoms with Gasteiger partial charge in [-0.05, 0) is 6.92 Å². The minimum Gasteiger partial charge on any atom is -0.334 e. The molecule has 3 nitrogen and oxygen atoms in total. The molecule has 0 amide bonds. The van der Waals surface area contributed by atoms with Crippen molar-refractivity contribution in [2.75, 3.05) is 0 Å². The normalized spacial score (nSPS) is 8.18. The predicted molar refractivity (Wildman–Crippen MR) is 50.3 cm³/mol. The van der Waals surface area contributed by atoms with E-state index in [-0.39, 0.29) is 24.8 Å². The summed E-state index contributed by atoms with van der Waals surface area (Å²) in [5, 5.41) is 0. The summed E-state index contributed by atoms with van der Waals surface area (Å²) in [5.41, 5.74) is 5.39. The summed E-state index contributed by atoms with van der Waals surface area (Å²) in [6.45, 7) is 3.55. The molecular weight excluding hydrogens is 185 g/mol. The predicted octanol–water partition coefficient (Wildman–Crippen LogP) is 1.21. The molecule has 5 heteroatoms. The standard InChI is InChI=1S/C6H11N3.2ClH/c1-2-9-4-3-8-6(9)5-7;;/h3-4H,2,5,7H2,1H3;2*1H. The molecule has 11 heavy (non-hydrogen) atoms. The van der Waals surface area contributed by atoms with Gasteiger partial charge in [-0.15, -0.1) is 24.8 Å². The minimum absolute atomic E-state index is 0. The van der Waals surface area contributed by atoms with E-state index in [2.05, 4.69) is 11.9 Å². The molecule has 0 aliphatic heterocycles. The molecule has 0 atom stereocenters. The average Bonchev–Trinajstić information content (AvgIpc) is 2.33. The number of hydrogen-bond donors (Lipinski definition) is 1. The zero-order chi connectivity index (χ0) is 6.69. The average molecular weight is 198 g/mol. The Morgan fingerprint density at radius 2 is 2.18 bits per heavy atom. The van der Waals surface area contributed by atoms with Crippen LogP contribution in [0.25, 0.3) is 0 Å². The second-order valence-electron chi connectivity index (χ2n) is 1.83. The molecule has 0 bridgehead atoms. The molecule has 0 unspecified atom stereocenters. The number of nitrogens with two attached hydrogens (primary N) is 1. The highest BCUT2D eigenvalue weighted by molar-refractivity contribution is 5.85. The number of aromatic nitrogens is 2. The van der Waals surface area contributed by atoms with E-state index < -0.39 is 0 Å². The van der Waals surface area contributed by atoms with Crippen LogP contribution < -0.4 is 5.73 Å². The summed E-state index contributed by atoms with van der Waals surface area (Å²) in [6, 6.07) is 0. The van der Waals surface area contributed by atoms with Crippen molar-refractivity contribution in [3.63, 3.8) is 0 Å². The first-order chi connectivity index (χ1) is 4.38. The van der Waals surface area contributed by atoms with Gasteiger partial charge in [0.15, 0.2) is 0 Å². The summed E-state index contributed by atoms with van der Waals surface area (Å²) >= 11 is 0. The molecule has 1 rings (SSSR count). The van der Waals surface area contributed by atoms with Crippen LogP contribution in [0.4, 0.5) is 0 Å². The number of rotatable bonds is 2. The van der Waals surface area contributed by atoms with Crippen molar-refractivity contribution in [1.82, 2.24) is 9.55 Å². The number of hydrogen-bond acceptors (Lipinski definition) is 2. The van der Waals surface area contributed by atoms with E-state index >= 15 is 0 Å². The maximum Gasteiger partial charge on any atom is 0.122 e. The topological polar surface area (TPSA) is 43.8 Å². The molecule has 0 aliphatic carbocycles. The van der Waals surface area contributed by atoms with Crippen LogP contribution in [0.15, 0.2) is 12.4 Å². The van der Waals surface area contributed by atoms with Gasteiger partial charge in [-0.25, -0.2) is 4.98 Å². The molecule has 0 spiro atoms. The lowest BCUT2D eigenvalue weighted by atomic mass is 10.6. The van der Waals surface area contributed by atoms with Crippen LogP contribution in [0.1, 0.15) is 12.7 Å². The Kier molecular flexibility index (Phi) is 7.84. The summed E-state index contributed by atoms with van der Waals surface area (Å²) in [4.78, 5) is 4.04. The molecule has 1 aromatic heterocycles. The van der Waals surface area contributed by atoms with Crippen LogP contribution >= 0.6 is 24.8 Å². The van der Waals surface area contributed by atoms with Gasteiger partial charge in [0.1, 0.15) is 5.82 Å². The monoisotopic (exact) mass is 197 g/mol. The first kappa shape index (κ1) is 13.3. The molecule has 1 heterocycles. The van der Waals surface area contributed by atoms with Crippen LogP contribution in [0.5, 0.6) is 0 Å². The van der Waals surface area contributed by atoms with Gasteiger partial charge in [0, 0.05) is 18.9 Å². The Labute approximate surface area is 78.8 Å². The number of halogens is 2. The first-order valence-electron chi connectivity index (χ1n) is 3.08. The molecule has 0 aliphatic rings. The van der Waals surface area contributed by atoms with Gasteiger partial charge in [-0.3, -0.25) is 0 Å². The smallest absolute Gasteiger partial charge is 0.122 e. The molecule has 2 N–H and O–H groups in total. The SMILES string of the molecule is CCn1ccnc1CN.Cl.Cl. The Morgan fingerprint density at radius 1 is 1.55 bits per heavy atom. The fourth-order valence-corrected chi connectivity index (χ4v) is 0.818. The van der Waals surface area contributed by atoms with Crippen molar-refractivity contribution in [2.45, 2.75) is 20.0 Å². The first-order valence-corrected chi connectivity index (χ1v) is 3.08. The van der Waals surface area contributed by atoms with Gasteiger partial charge in [0.2, 0.25) is 0 Å². The van der Waals surface area contributed by atoms with Crippen molar-refractivity contribution < 1.29 is 0 Å². The van der Waals surface area contributed by atoms with E-state index in [0.29, 0.717) is 6.54 Å². The Morgan fingerprint density at radius 3 is 2.55 bits per heavy atom. The van der Waals surface area contributed by atoms with E-state index in [1.165, 1.54) is 0 Å². The highest BCUT2D eigenvalue weighted by Gasteiger charge is 1.94. The van der Waals surface area contributed by atoms with Crippen molar-refractivity contribution >= 4 is 24.8 Å². The quantitative estimate of drug-likeness (QED) is 0.775. The Balaban J connectivity index is 0. The third-order valence-corrected chi connectivity index (χ3v) is 1.32. The molecule has 0 radical (unpaired) electrons. The molecule has 66 valence electrons. The highest BCUT2D eigenvalue weighted by Crippen LogP contribution is 1.93. The minimum atomic E-state index is 0. The number of imidazole rings is 1. The maximum atomic E-state index is 5.39. The lowest BCUT2D eigenvalue weighted by Crippen LogP contribution is -2.06. The van der Waals surface area contributed by atoms with E-state index in [0.717, 1.165) is 12.4 Å². The lowest BCUT2D eigenvalue weighted by molar-refractivity contribution is 0.698. The zero-order valence-electron chi connectivity index (χ0n) is 6.36. The van der Waals surface area contributed by atoms with E-state index in [1.807, 2.05) is 10.8 Å². The van der Waals surface area contributed by atoms with Crippen LogP contribution in [0.2, 0.25) is 0 Å². The molecule has 0 saturated carbocycles. The third-order valence-electron chi connectivity index (χ3n) is 1.32. The van der Waals surface area contributed by atoms with Crippen LogP contribution in [0, 0.1) is 0 Å². The van der Waals surface area contributed by atoms with Gasteiger partial charge >= 0.3 is 0 Å². The molecular formula is C6H13Cl2N3. The van der Waals surface area contributed by atoms with Crippen LogP contribution in [0.3, 0.4) is 0 Å². The summed E-state index contributed by atoms with van der Waals surface area (Å²) in [5.74, 6) is 0.956. The molecule has 0 fully saturated rings. The molecule has 0 aromatic carbocycles.